The van der Waals surface area contributed by atoms with Gasteiger partial charge in [-0.25, -0.2) is 9.97 Å². The van der Waals surface area contributed by atoms with Gasteiger partial charge in [-0.05, 0) is 26.7 Å². The van der Waals surface area contributed by atoms with E-state index in [0.717, 1.165) is 18.7 Å². The van der Waals surface area contributed by atoms with Gasteiger partial charge in [-0.15, -0.1) is 0 Å². The van der Waals surface area contributed by atoms with Crippen LogP contribution in [0.4, 0.5) is 5.95 Å². The molecule has 2 aromatic heterocycles. The molecular weight excluding hydrogens is 294 g/mol. The molecule has 0 spiro atoms. The number of carbonyl (C=O) groups is 1. The van der Waals surface area contributed by atoms with Crippen LogP contribution in [0.15, 0.2) is 10.7 Å². The molecule has 2 aromatic rings. The summed E-state index contributed by atoms with van der Waals surface area (Å²) in [5.41, 5.74) is 1.23. The van der Waals surface area contributed by atoms with Gasteiger partial charge >= 0.3 is 0 Å². The number of nitrogens with zero attached hydrogens (tertiary/aromatic N) is 4. The van der Waals surface area contributed by atoms with Crippen LogP contribution in [0.25, 0.3) is 0 Å². The van der Waals surface area contributed by atoms with Crippen LogP contribution in [0, 0.1) is 6.92 Å². The summed E-state index contributed by atoms with van der Waals surface area (Å²) < 4.78 is 5.35. The average Bonchev–Trinajstić information content (AvgIpc) is 3.18. The molecule has 0 aromatic carbocycles. The van der Waals surface area contributed by atoms with E-state index in [2.05, 4.69) is 25.4 Å². The van der Waals surface area contributed by atoms with Crippen LogP contribution >= 0.6 is 0 Å². The number of anilines is 1. The molecule has 7 heteroatoms. The predicted octanol–water partition coefficient (Wildman–Crippen LogP) is 2.68. The number of rotatable bonds is 6. The molecule has 0 saturated heterocycles. The van der Waals surface area contributed by atoms with Gasteiger partial charge in [0.05, 0.1) is 11.3 Å². The van der Waals surface area contributed by atoms with Gasteiger partial charge in [-0.2, -0.15) is 4.98 Å². The van der Waals surface area contributed by atoms with E-state index in [1.54, 1.807) is 13.1 Å². The zero-order valence-electron chi connectivity index (χ0n) is 13.5. The Morgan fingerprint density at radius 2 is 2.13 bits per heavy atom. The minimum Gasteiger partial charge on any atom is -0.354 e. The van der Waals surface area contributed by atoms with Gasteiger partial charge in [0.25, 0.3) is 0 Å². The van der Waals surface area contributed by atoms with E-state index < -0.39 is 0 Å². The molecule has 0 bridgehead atoms. The van der Waals surface area contributed by atoms with E-state index in [0.29, 0.717) is 41.9 Å². The van der Waals surface area contributed by atoms with Crippen molar-refractivity contribution in [2.24, 2.45) is 0 Å². The summed E-state index contributed by atoms with van der Waals surface area (Å²) in [5, 5.41) is 7.16. The highest BCUT2D eigenvalue weighted by Gasteiger charge is 2.22. The predicted molar refractivity (Wildman–Crippen MR) is 84.5 cm³/mol. The highest BCUT2D eigenvalue weighted by atomic mass is 16.5. The molecule has 1 aliphatic rings. The zero-order chi connectivity index (χ0) is 16.2. The SMILES string of the molecule is CC(=O)c1cnc(NCCc2noc(C3CCCC3)n2)nc1C. The minimum atomic E-state index is -0.0275. The van der Waals surface area contributed by atoms with E-state index in [1.165, 1.54) is 19.8 Å². The number of ketones is 1. The molecule has 0 atom stereocenters. The molecule has 122 valence electrons. The summed E-state index contributed by atoms with van der Waals surface area (Å²) in [6.45, 7) is 3.93. The molecule has 1 aliphatic carbocycles. The van der Waals surface area contributed by atoms with Crippen LogP contribution in [-0.4, -0.2) is 32.4 Å². The molecule has 1 N–H and O–H groups in total. The van der Waals surface area contributed by atoms with Crippen molar-refractivity contribution in [2.45, 2.75) is 51.9 Å². The summed E-state index contributed by atoms with van der Waals surface area (Å²) in [6.07, 6.45) is 6.99. The quantitative estimate of drug-likeness (QED) is 0.819. The van der Waals surface area contributed by atoms with Gasteiger partial charge < -0.3 is 9.84 Å². The van der Waals surface area contributed by atoms with Gasteiger partial charge in [-0.1, -0.05) is 18.0 Å². The number of hydrogen-bond donors (Lipinski definition) is 1. The number of hydrogen-bond acceptors (Lipinski definition) is 7. The first-order valence-corrected chi connectivity index (χ1v) is 8.04. The third-order valence-electron chi connectivity index (χ3n) is 4.18. The van der Waals surface area contributed by atoms with Crippen LogP contribution in [0.5, 0.6) is 0 Å². The number of Topliss-reactive ketones (excluding diaryl/α,β-unsaturated/α-hetero) is 1. The third kappa shape index (κ3) is 3.72. The van der Waals surface area contributed by atoms with E-state index in [-0.39, 0.29) is 5.78 Å². The van der Waals surface area contributed by atoms with Crippen LogP contribution in [-0.2, 0) is 6.42 Å². The van der Waals surface area contributed by atoms with Crippen LogP contribution < -0.4 is 5.32 Å². The summed E-state index contributed by atoms with van der Waals surface area (Å²) >= 11 is 0. The molecule has 23 heavy (non-hydrogen) atoms. The molecular formula is C16H21N5O2. The maximum absolute atomic E-state index is 11.4. The van der Waals surface area contributed by atoms with Crippen LogP contribution in [0.1, 0.15) is 66.3 Å². The maximum atomic E-state index is 11.4. The van der Waals surface area contributed by atoms with Gasteiger partial charge in [0.1, 0.15) is 0 Å². The monoisotopic (exact) mass is 315 g/mol. The van der Waals surface area contributed by atoms with Crippen LogP contribution in [0.3, 0.4) is 0 Å². The molecule has 0 unspecified atom stereocenters. The number of aromatic nitrogens is 4. The maximum Gasteiger partial charge on any atom is 0.229 e. The van der Waals surface area contributed by atoms with Crippen molar-refractivity contribution >= 4 is 11.7 Å². The van der Waals surface area contributed by atoms with Gasteiger partial charge in [0.15, 0.2) is 11.6 Å². The van der Waals surface area contributed by atoms with E-state index in [1.807, 2.05) is 0 Å². The highest BCUT2D eigenvalue weighted by molar-refractivity contribution is 5.94. The Hall–Kier alpha value is -2.31. The van der Waals surface area contributed by atoms with Crippen molar-refractivity contribution in [1.29, 1.82) is 0 Å². The molecule has 7 nitrogen and oxygen atoms in total. The summed E-state index contributed by atoms with van der Waals surface area (Å²) in [4.78, 5) is 24.3. The average molecular weight is 315 g/mol. The van der Waals surface area contributed by atoms with Crippen molar-refractivity contribution in [1.82, 2.24) is 20.1 Å². The van der Waals surface area contributed by atoms with Crippen molar-refractivity contribution in [3.8, 4) is 0 Å². The van der Waals surface area contributed by atoms with Crippen molar-refractivity contribution < 1.29 is 9.32 Å². The van der Waals surface area contributed by atoms with E-state index in [4.69, 9.17) is 4.52 Å². The topological polar surface area (TPSA) is 93.8 Å². The first kappa shape index (κ1) is 15.6. The minimum absolute atomic E-state index is 0.0275. The fourth-order valence-corrected chi connectivity index (χ4v) is 2.89. The Labute approximate surface area is 134 Å². The summed E-state index contributed by atoms with van der Waals surface area (Å²) in [6, 6.07) is 0. The smallest absolute Gasteiger partial charge is 0.229 e. The zero-order valence-corrected chi connectivity index (χ0v) is 13.5. The molecule has 2 heterocycles. The fraction of sp³-hybridized carbons (Fsp3) is 0.562. The lowest BCUT2D eigenvalue weighted by Crippen LogP contribution is -2.11. The van der Waals surface area contributed by atoms with Crippen molar-refractivity contribution in [3.05, 3.63) is 29.2 Å². The summed E-state index contributed by atoms with van der Waals surface area (Å²) in [5.74, 6) is 2.40. The molecule has 1 fully saturated rings. The Morgan fingerprint density at radius 3 is 2.83 bits per heavy atom. The molecule has 0 amide bonds. The van der Waals surface area contributed by atoms with Crippen LogP contribution in [0.2, 0.25) is 0 Å². The largest absolute Gasteiger partial charge is 0.354 e. The lowest BCUT2D eigenvalue weighted by molar-refractivity contribution is 0.101. The van der Waals surface area contributed by atoms with E-state index >= 15 is 0 Å². The number of carbonyl (C=O) groups excluding carboxylic acids is 1. The second kappa shape index (κ2) is 6.85. The standard InChI is InChI=1S/C16H21N5O2/c1-10-13(11(2)22)9-18-16(19-10)17-8-7-14-20-15(23-21-14)12-5-3-4-6-12/h9,12H,3-8H2,1-2H3,(H,17,18,19). The summed E-state index contributed by atoms with van der Waals surface area (Å²) in [7, 11) is 0. The van der Waals surface area contributed by atoms with Gasteiger partial charge in [0.2, 0.25) is 11.8 Å². The number of aryl methyl sites for hydroxylation is 1. The molecule has 0 aliphatic heterocycles. The second-order valence-corrected chi connectivity index (χ2v) is 5.96. The molecule has 1 saturated carbocycles. The lowest BCUT2D eigenvalue weighted by Gasteiger charge is -2.05. The third-order valence-corrected chi connectivity index (χ3v) is 4.18. The van der Waals surface area contributed by atoms with Gasteiger partial charge in [0, 0.05) is 25.1 Å². The fourth-order valence-electron chi connectivity index (χ4n) is 2.89. The molecule has 0 radical (unpaired) electrons. The Bertz CT molecular complexity index is 692. The lowest BCUT2D eigenvalue weighted by atomic mass is 10.1. The Kier molecular flexibility index (Phi) is 4.64. The second-order valence-electron chi connectivity index (χ2n) is 5.96. The van der Waals surface area contributed by atoms with Gasteiger partial charge in [-0.3, -0.25) is 4.79 Å². The van der Waals surface area contributed by atoms with Crippen molar-refractivity contribution in [2.75, 3.05) is 11.9 Å². The first-order chi connectivity index (χ1) is 11.1. The highest BCUT2D eigenvalue weighted by Crippen LogP contribution is 2.32. The van der Waals surface area contributed by atoms with E-state index in [9.17, 15) is 4.79 Å². The Morgan fingerprint density at radius 1 is 1.35 bits per heavy atom. The molecule has 3 rings (SSSR count). The Balaban J connectivity index is 1.53. The number of nitrogens with one attached hydrogen (secondary N) is 1. The van der Waals surface area contributed by atoms with Crippen molar-refractivity contribution in [3.63, 3.8) is 0 Å². The first-order valence-electron chi connectivity index (χ1n) is 8.04. The normalized spacial score (nSPS) is 15.0.